The Balaban J connectivity index is 1.38. The van der Waals surface area contributed by atoms with Crippen LogP contribution in [-0.4, -0.2) is 74.2 Å². The molecule has 220 valence electrons. The first-order valence-electron chi connectivity index (χ1n) is 13.8. The van der Waals surface area contributed by atoms with Gasteiger partial charge in [-0.2, -0.15) is 11.8 Å². The quantitative estimate of drug-likeness (QED) is 0.479. The second kappa shape index (κ2) is 11.3. The number of ether oxygens (including phenoxy) is 2. The van der Waals surface area contributed by atoms with Crippen molar-refractivity contribution < 1.29 is 27.8 Å². The molecule has 0 bridgehead atoms. The van der Waals surface area contributed by atoms with Crippen LogP contribution in [0.25, 0.3) is 0 Å². The summed E-state index contributed by atoms with van der Waals surface area (Å²) in [5.74, 6) is 2.18. The van der Waals surface area contributed by atoms with Crippen molar-refractivity contribution in [1.82, 2.24) is 9.88 Å². The third-order valence-corrected chi connectivity index (χ3v) is 12.6. The number of benzene rings is 1. The van der Waals surface area contributed by atoms with Gasteiger partial charge in [0.15, 0.2) is 5.13 Å². The van der Waals surface area contributed by atoms with E-state index in [9.17, 15) is 18.3 Å². The maximum atomic E-state index is 13.4. The largest absolute Gasteiger partial charge is 0.497 e. The van der Waals surface area contributed by atoms with Gasteiger partial charge in [-0.1, -0.05) is 20.8 Å². The molecule has 2 aromatic rings. The minimum Gasteiger partial charge on any atom is -0.497 e. The van der Waals surface area contributed by atoms with Gasteiger partial charge in [0.05, 0.1) is 26.0 Å². The minimum atomic E-state index is -4.00. The molecule has 1 aliphatic heterocycles. The third kappa shape index (κ3) is 5.32. The van der Waals surface area contributed by atoms with Crippen LogP contribution >= 0.6 is 23.1 Å². The van der Waals surface area contributed by atoms with E-state index in [0.717, 1.165) is 48.0 Å². The number of carbonyl (C=O) groups excluding carboxylic acids is 1. The van der Waals surface area contributed by atoms with E-state index in [2.05, 4.69) is 18.6 Å². The van der Waals surface area contributed by atoms with Gasteiger partial charge in [-0.25, -0.2) is 13.4 Å². The molecule has 5 rings (SSSR count). The highest BCUT2D eigenvalue weighted by Gasteiger charge is 2.54. The topological polar surface area (TPSA) is 118 Å². The van der Waals surface area contributed by atoms with Crippen LogP contribution in [0.5, 0.6) is 11.5 Å². The molecule has 2 heterocycles. The maximum absolute atomic E-state index is 13.4. The van der Waals surface area contributed by atoms with Gasteiger partial charge in [0, 0.05) is 47.4 Å². The number of anilines is 1. The van der Waals surface area contributed by atoms with Gasteiger partial charge in [-0.15, -0.1) is 11.3 Å². The molecule has 2 fully saturated rings. The van der Waals surface area contributed by atoms with Gasteiger partial charge >= 0.3 is 0 Å². The standard InChI is InChI=1S/C28H39N3O6S3/c1-16(26(33)31-10-12-38-13-11-31)19-8-9-28(3)15-21-24(17(2)23(28)25(19)32)29-27(39-21)30-40(34,35)22-14-18(36-4)6-7-20(22)37-5/h6-7,14,16-17,19,23,25,32H,8-13,15H2,1-5H3,(H,29,30)/t16-,17-,19-,23+,25-,28+/m0/s1. The Morgan fingerprint density at radius 3 is 2.65 bits per heavy atom. The van der Waals surface area contributed by atoms with Crippen molar-refractivity contribution in [2.75, 3.05) is 43.5 Å². The van der Waals surface area contributed by atoms with Crippen LogP contribution < -0.4 is 14.2 Å². The molecule has 3 aliphatic rings. The monoisotopic (exact) mass is 609 g/mol. The summed E-state index contributed by atoms with van der Waals surface area (Å²) in [6.45, 7) is 7.81. The molecular weight excluding hydrogens is 571 g/mol. The van der Waals surface area contributed by atoms with E-state index in [1.807, 2.05) is 23.6 Å². The molecule has 2 N–H and O–H groups in total. The van der Waals surface area contributed by atoms with Crippen LogP contribution in [0.3, 0.4) is 0 Å². The van der Waals surface area contributed by atoms with Gasteiger partial charge in [-0.3, -0.25) is 9.52 Å². The summed E-state index contributed by atoms with van der Waals surface area (Å²) in [5, 5.41) is 12.0. The first-order valence-corrected chi connectivity index (χ1v) is 17.2. The Labute approximate surface area is 245 Å². The highest BCUT2D eigenvalue weighted by atomic mass is 32.2. The molecule has 1 aromatic heterocycles. The normalized spacial score (nSPS) is 29.2. The lowest BCUT2D eigenvalue weighted by atomic mass is 9.53. The maximum Gasteiger partial charge on any atom is 0.267 e. The zero-order valence-electron chi connectivity index (χ0n) is 23.7. The molecule has 2 aliphatic carbocycles. The van der Waals surface area contributed by atoms with Crippen molar-refractivity contribution in [1.29, 1.82) is 0 Å². The SMILES string of the molecule is COc1ccc(OC)c(S(=O)(=O)Nc2nc3c(s2)C[C@@]2(C)CC[C@@H]([C@H](C)C(=O)N4CCSCC4)[C@H](O)[C@H]2[C@@H]3C)c1. The Hall–Kier alpha value is -2.02. The first kappa shape index (κ1) is 29.5. The van der Waals surface area contributed by atoms with Crippen molar-refractivity contribution in [3.63, 3.8) is 0 Å². The van der Waals surface area contributed by atoms with Gasteiger partial charge in [0.1, 0.15) is 16.4 Å². The zero-order chi connectivity index (χ0) is 28.8. The molecule has 6 atom stereocenters. The minimum absolute atomic E-state index is 0.0274. The highest BCUT2D eigenvalue weighted by molar-refractivity contribution is 7.99. The van der Waals surface area contributed by atoms with Gasteiger partial charge in [-0.05, 0) is 48.6 Å². The summed E-state index contributed by atoms with van der Waals surface area (Å²) in [7, 11) is -1.10. The molecule has 1 saturated carbocycles. The summed E-state index contributed by atoms with van der Waals surface area (Å²) < 4.78 is 39.9. The summed E-state index contributed by atoms with van der Waals surface area (Å²) in [6, 6.07) is 4.62. The number of methoxy groups -OCH3 is 2. The number of aliphatic hydroxyl groups excluding tert-OH is 1. The lowest BCUT2D eigenvalue weighted by molar-refractivity contribution is -0.144. The van der Waals surface area contributed by atoms with Crippen molar-refractivity contribution >= 4 is 44.2 Å². The summed E-state index contributed by atoms with van der Waals surface area (Å²) >= 11 is 3.23. The molecule has 1 saturated heterocycles. The Morgan fingerprint density at radius 1 is 1.25 bits per heavy atom. The number of nitrogens with zero attached hydrogens (tertiary/aromatic N) is 2. The fraction of sp³-hybridized carbons (Fsp3) is 0.643. The Bertz CT molecular complexity index is 1360. The molecule has 0 radical (unpaired) electrons. The molecule has 1 amide bonds. The fourth-order valence-corrected chi connectivity index (χ4v) is 10.6. The number of aliphatic hydroxyl groups is 1. The zero-order valence-corrected chi connectivity index (χ0v) is 26.1. The summed E-state index contributed by atoms with van der Waals surface area (Å²) in [6.07, 6.45) is 1.77. The smallest absolute Gasteiger partial charge is 0.267 e. The molecule has 40 heavy (non-hydrogen) atoms. The average molecular weight is 610 g/mol. The number of aromatic nitrogens is 1. The third-order valence-electron chi connectivity index (χ3n) is 9.16. The van der Waals surface area contributed by atoms with Crippen LogP contribution in [0, 0.1) is 23.2 Å². The van der Waals surface area contributed by atoms with Crippen molar-refractivity contribution in [2.24, 2.45) is 23.2 Å². The highest BCUT2D eigenvalue weighted by Crippen LogP contribution is 2.57. The van der Waals surface area contributed by atoms with Crippen molar-refractivity contribution in [3.8, 4) is 11.5 Å². The number of thiazole rings is 1. The van der Waals surface area contributed by atoms with Gasteiger partial charge in [0.25, 0.3) is 10.0 Å². The van der Waals surface area contributed by atoms with E-state index in [1.54, 1.807) is 12.1 Å². The molecule has 1 aromatic carbocycles. The van der Waals surface area contributed by atoms with Crippen LogP contribution in [0.2, 0.25) is 0 Å². The molecule has 9 nitrogen and oxygen atoms in total. The number of fused-ring (bicyclic) bond motifs is 2. The van der Waals surface area contributed by atoms with Crippen molar-refractivity contribution in [3.05, 3.63) is 28.8 Å². The van der Waals surface area contributed by atoms with E-state index < -0.39 is 16.1 Å². The number of hydrogen-bond donors (Lipinski definition) is 2. The lowest BCUT2D eigenvalue weighted by Gasteiger charge is -2.53. The number of amides is 1. The first-order chi connectivity index (χ1) is 19.0. The van der Waals surface area contributed by atoms with E-state index in [1.165, 1.54) is 31.6 Å². The summed E-state index contributed by atoms with van der Waals surface area (Å²) in [5.41, 5.74) is 0.667. The molecule has 0 unspecified atom stereocenters. The van der Waals surface area contributed by atoms with Gasteiger partial charge in [0.2, 0.25) is 5.91 Å². The van der Waals surface area contributed by atoms with Crippen LogP contribution in [0.4, 0.5) is 5.13 Å². The number of sulfonamides is 1. The van der Waals surface area contributed by atoms with Crippen molar-refractivity contribution in [2.45, 2.75) is 57.0 Å². The average Bonchev–Trinajstić information content (AvgIpc) is 3.33. The van der Waals surface area contributed by atoms with Crippen LogP contribution in [0.15, 0.2) is 23.1 Å². The fourth-order valence-electron chi connectivity index (χ4n) is 7.01. The van der Waals surface area contributed by atoms with E-state index in [0.29, 0.717) is 17.3 Å². The Morgan fingerprint density at radius 2 is 1.98 bits per heavy atom. The number of nitrogens with one attached hydrogen (secondary N) is 1. The second-order valence-corrected chi connectivity index (χ2v) is 15.5. The van der Waals surface area contributed by atoms with E-state index in [4.69, 9.17) is 14.5 Å². The summed E-state index contributed by atoms with van der Waals surface area (Å²) in [4.78, 5) is 21.0. The number of thioether (sulfide) groups is 1. The van der Waals surface area contributed by atoms with Crippen LogP contribution in [0.1, 0.15) is 50.1 Å². The Kier molecular flexibility index (Phi) is 8.35. The lowest BCUT2D eigenvalue weighted by Crippen LogP contribution is -2.54. The predicted octanol–water partition coefficient (Wildman–Crippen LogP) is 4.23. The van der Waals surface area contributed by atoms with E-state index in [-0.39, 0.29) is 45.6 Å². The van der Waals surface area contributed by atoms with Crippen LogP contribution in [-0.2, 0) is 21.2 Å². The number of rotatable bonds is 7. The molecule has 12 heteroatoms. The molecular formula is C28H39N3O6S3. The predicted molar refractivity (Wildman–Crippen MR) is 158 cm³/mol. The van der Waals surface area contributed by atoms with Gasteiger partial charge < -0.3 is 19.5 Å². The molecule has 0 spiro atoms. The second-order valence-electron chi connectivity index (χ2n) is 11.5. The number of carbonyl (C=O) groups is 1. The number of hydrogen-bond acceptors (Lipinski definition) is 9. The van der Waals surface area contributed by atoms with E-state index >= 15 is 0 Å².